The highest BCUT2D eigenvalue weighted by molar-refractivity contribution is 5.96. The van der Waals surface area contributed by atoms with Crippen molar-refractivity contribution in [1.29, 1.82) is 0 Å². The summed E-state index contributed by atoms with van der Waals surface area (Å²) in [7, 11) is 0. The Hall–Kier alpha value is -1.84. The van der Waals surface area contributed by atoms with Gasteiger partial charge in [-0.3, -0.25) is 4.79 Å². The zero-order valence-corrected chi connectivity index (χ0v) is 14.1. The molecule has 1 aromatic carbocycles. The van der Waals surface area contributed by atoms with E-state index in [4.69, 9.17) is 0 Å². The largest absolute Gasteiger partial charge is 0.504 e. The Kier molecular flexibility index (Phi) is 8.38. The molecule has 0 amide bonds. The standard InChI is InChI=1S/C19H27FO3/c1-3-4-5-6-7-8-9-10-15(21)11-14(2)16-12-18(22)19(23)13-17(16)20/h11-13,22-23H,3-10H2,1-2H3/b14-11+. The molecule has 0 heterocycles. The van der Waals surface area contributed by atoms with Gasteiger partial charge in [-0.15, -0.1) is 0 Å². The number of aromatic hydroxyl groups is 2. The normalized spacial score (nSPS) is 11.7. The summed E-state index contributed by atoms with van der Waals surface area (Å²) in [4.78, 5) is 11.9. The predicted molar refractivity (Wildman–Crippen MR) is 91.0 cm³/mol. The molecule has 1 rings (SSSR count). The molecular weight excluding hydrogens is 295 g/mol. The van der Waals surface area contributed by atoms with Gasteiger partial charge >= 0.3 is 0 Å². The first-order valence-corrected chi connectivity index (χ1v) is 8.38. The van der Waals surface area contributed by atoms with E-state index in [2.05, 4.69) is 6.92 Å². The molecule has 1 aromatic rings. The second-order valence-corrected chi connectivity index (χ2v) is 5.99. The van der Waals surface area contributed by atoms with E-state index >= 15 is 0 Å². The molecule has 0 aliphatic rings. The maximum absolute atomic E-state index is 13.8. The van der Waals surface area contributed by atoms with E-state index in [9.17, 15) is 19.4 Å². The second-order valence-electron chi connectivity index (χ2n) is 5.99. The first kappa shape index (κ1) is 19.2. The Morgan fingerprint density at radius 1 is 1.04 bits per heavy atom. The SMILES string of the molecule is CCCCCCCCCC(=O)/C=C(\C)c1cc(O)c(O)cc1F. The van der Waals surface area contributed by atoms with Gasteiger partial charge in [0.15, 0.2) is 17.3 Å². The van der Waals surface area contributed by atoms with Crippen LogP contribution in [0.2, 0.25) is 0 Å². The monoisotopic (exact) mass is 322 g/mol. The molecule has 0 atom stereocenters. The average Bonchev–Trinajstić information content (AvgIpc) is 2.49. The molecule has 128 valence electrons. The highest BCUT2D eigenvalue weighted by Crippen LogP contribution is 2.30. The highest BCUT2D eigenvalue weighted by Gasteiger charge is 2.11. The molecule has 4 heteroatoms. The number of hydrogen-bond donors (Lipinski definition) is 2. The Labute approximate surface area is 137 Å². The maximum atomic E-state index is 13.8. The fraction of sp³-hybridized carbons (Fsp3) is 0.526. The molecule has 0 radical (unpaired) electrons. The van der Waals surface area contributed by atoms with Crippen LogP contribution < -0.4 is 0 Å². The first-order valence-electron chi connectivity index (χ1n) is 8.38. The third kappa shape index (κ3) is 6.85. The number of phenols is 2. The van der Waals surface area contributed by atoms with E-state index in [0.717, 1.165) is 31.4 Å². The predicted octanol–water partition coefficient (Wildman–Crippen LogP) is 5.35. The van der Waals surface area contributed by atoms with Crippen molar-refractivity contribution >= 4 is 11.4 Å². The Morgan fingerprint density at radius 2 is 1.61 bits per heavy atom. The summed E-state index contributed by atoms with van der Waals surface area (Å²) in [6.45, 7) is 3.81. The fourth-order valence-corrected chi connectivity index (χ4v) is 2.50. The van der Waals surface area contributed by atoms with Crippen molar-refractivity contribution < 1.29 is 19.4 Å². The van der Waals surface area contributed by atoms with E-state index in [1.165, 1.54) is 31.8 Å². The smallest absolute Gasteiger partial charge is 0.160 e. The number of halogens is 1. The van der Waals surface area contributed by atoms with Gasteiger partial charge in [0.25, 0.3) is 0 Å². The summed E-state index contributed by atoms with van der Waals surface area (Å²) in [6, 6.07) is 1.99. The van der Waals surface area contributed by atoms with Crippen LogP contribution >= 0.6 is 0 Å². The molecule has 23 heavy (non-hydrogen) atoms. The number of phenolic OH excluding ortho intramolecular Hbond substituents is 2. The van der Waals surface area contributed by atoms with Crippen molar-refractivity contribution in [3.63, 3.8) is 0 Å². The Balaban J connectivity index is 2.45. The van der Waals surface area contributed by atoms with E-state index in [1.807, 2.05) is 0 Å². The number of carbonyl (C=O) groups excluding carboxylic acids is 1. The van der Waals surface area contributed by atoms with Crippen molar-refractivity contribution in [3.8, 4) is 11.5 Å². The van der Waals surface area contributed by atoms with E-state index in [-0.39, 0.29) is 11.3 Å². The lowest BCUT2D eigenvalue weighted by Crippen LogP contribution is -1.96. The van der Waals surface area contributed by atoms with Gasteiger partial charge < -0.3 is 10.2 Å². The number of hydrogen-bond acceptors (Lipinski definition) is 3. The third-order valence-electron chi connectivity index (χ3n) is 3.89. The zero-order valence-electron chi connectivity index (χ0n) is 14.1. The first-order chi connectivity index (χ1) is 11.0. The van der Waals surface area contributed by atoms with Crippen molar-refractivity contribution in [2.24, 2.45) is 0 Å². The lowest BCUT2D eigenvalue weighted by Gasteiger charge is -2.06. The summed E-state index contributed by atoms with van der Waals surface area (Å²) in [5, 5.41) is 18.7. The fourth-order valence-electron chi connectivity index (χ4n) is 2.50. The van der Waals surface area contributed by atoms with E-state index in [1.54, 1.807) is 6.92 Å². The van der Waals surface area contributed by atoms with Crippen LogP contribution in [0.5, 0.6) is 11.5 Å². The molecule has 0 bridgehead atoms. The molecule has 0 saturated carbocycles. The Morgan fingerprint density at radius 3 is 2.26 bits per heavy atom. The summed E-state index contributed by atoms with van der Waals surface area (Å²) in [6.07, 6.45) is 9.87. The molecule has 0 aliphatic carbocycles. The number of ketones is 1. The quantitative estimate of drug-likeness (QED) is 0.347. The highest BCUT2D eigenvalue weighted by atomic mass is 19.1. The zero-order chi connectivity index (χ0) is 17.2. The van der Waals surface area contributed by atoms with Gasteiger partial charge in [0.2, 0.25) is 0 Å². The minimum absolute atomic E-state index is 0.0389. The van der Waals surface area contributed by atoms with Crippen LogP contribution in [0.25, 0.3) is 5.57 Å². The molecule has 0 spiro atoms. The van der Waals surface area contributed by atoms with E-state index < -0.39 is 17.3 Å². The Bertz CT molecular complexity index is 550. The second kappa shape index (κ2) is 10.0. The molecule has 0 aromatic heterocycles. The lowest BCUT2D eigenvalue weighted by molar-refractivity contribution is -0.114. The van der Waals surface area contributed by atoms with Crippen molar-refractivity contribution in [1.82, 2.24) is 0 Å². The minimum atomic E-state index is -0.655. The number of allylic oxidation sites excluding steroid dienone is 2. The van der Waals surface area contributed by atoms with Crippen molar-refractivity contribution in [2.45, 2.75) is 65.2 Å². The molecule has 0 saturated heterocycles. The van der Waals surface area contributed by atoms with Gasteiger partial charge in [0.1, 0.15) is 5.82 Å². The van der Waals surface area contributed by atoms with Crippen LogP contribution in [0.15, 0.2) is 18.2 Å². The molecule has 2 N–H and O–H groups in total. The molecule has 0 fully saturated rings. The molecule has 0 unspecified atom stereocenters. The van der Waals surface area contributed by atoms with Crippen LogP contribution in [0, 0.1) is 5.82 Å². The lowest BCUT2D eigenvalue weighted by atomic mass is 10.0. The number of unbranched alkanes of at least 4 members (excludes halogenated alkanes) is 6. The van der Waals surface area contributed by atoms with Crippen LogP contribution in [0.3, 0.4) is 0 Å². The minimum Gasteiger partial charge on any atom is -0.504 e. The van der Waals surface area contributed by atoms with Gasteiger partial charge in [-0.1, -0.05) is 45.4 Å². The maximum Gasteiger partial charge on any atom is 0.160 e. The van der Waals surface area contributed by atoms with Gasteiger partial charge in [0.05, 0.1) is 0 Å². The van der Waals surface area contributed by atoms with Crippen LogP contribution in [0.4, 0.5) is 4.39 Å². The van der Waals surface area contributed by atoms with Gasteiger partial charge in [0, 0.05) is 18.1 Å². The number of benzene rings is 1. The van der Waals surface area contributed by atoms with Crippen LogP contribution in [-0.4, -0.2) is 16.0 Å². The van der Waals surface area contributed by atoms with Gasteiger partial charge in [-0.25, -0.2) is 4.39 Å². The summed E-state index contributed by atoms with van der Waals surface area (Å²) >= 11 is 0. The van der Waals surface area contributed by atoms with Crippen molar-refractivity contribution in [3.05, 3.63) is 29.6 Å². The van der Waals surface area contributed by atoms with Crippen LogP contribution in [0.1, 0.15) is 70.8 Å². The van der Waals surface area contributed by atoms with Crippen molar-refractivity contribution in [2.75, 3.05) is 0 Å². The topological polar surface area (TPSA) is 57.5 Å². The third-order valence-corrected chi connectivity index (χ3v) is 3.89. The van der Waals surface area contributed by atoms with E-state index in [0.29, 0.717) is 12.0 Å². The number of rotatable bonds is 10. The number of carbonyl (C=O) groups is 1. The molecule has 0 aliphatic heterocycles. The van der Waals surface area contributed by atoms with Gasteiger partial charge in [-0.2, -0.15) is 0 Å². The summed E-state index contributed by atoms with van der Waals surface area (Å²) < 4.78 is 13.8. The molecule has 3 nitrogen and oxygen atoms in total. The van der Waals surface area contributed by atoms with Crippen LogP contribution in [-0.2, 0) is 4.79 Å². The molecular formula is C19H27FO3. The summed E-state index contributed by atoms with van der Waals surface area (Å²) in [5.41, 5.74) is 0.582. The average molecular weight is 322 g/mol. The van der Waals surface area contributed by atoms with Gasteiger partial charge in [-0.05, 0) is 31.1 Å². The summed E-state index contributed by atoms with van der Waals surface area (Å²) in [5.74, 6) is -1.59.